The zero-order valence-electron chi connectivity index (χ0n) is 11.1. The largest absolute Gasteiger partial charge is 0.494 e. The van der Waals surface area contributed by atoms with E-state index in [2.05, 4.69) is 0 Å². The molecule has 0 aliphatic heterocycles. The van der Waals surface area contributed by atoms with Crippen molar-refractivity contribution in [2.24, 2.45) is 0 Å². The summed E-state index contributed by atoms with van der Waals surface area (Å²) in [5, 5.41) is 9.02. The normalized spacial score (nSPS) is 10.2. The maximum atomic E-state index is 13.5. The number of methoxy groups -OCH3 is 1. The third kappa shape index (κ3) is 3.64. The summed E-state index contributed by atoms with van der Waals surface area (Å²) in [6, 6.07) is 8.63. The quantitative estimate of drug-likeness (QED) is 0.913. The molecule has 0 amide bonds. The minimum Gasteiger partial charge on any atom is -0.494 e. The summed E-state index contributed by atoms with van der Waals surface area (Å²) in [4.78, 5) is 10.8. The fraction of sp³-hybridized carbons (Fsp3) is 0.133. The monoisotopic (exact) mass is 310 g/mol. The molecule has 0 saturated heterocycles. The van der Waals surface area contributed by atoms with Crippen LogP contribution >= 0.6 is 11.6 Å². The first-order chi connectivity index (χ1) is 10.0. The van der Waals surface area contributed by atoms with E-state index >= 15 is 0 Å². The van der Waals surface area contributed by atoms with Gasteiger partial charge < -0.3 is 14.6 Å². The molecular formula is C15H12ClFO4. The number of hydrogen-bond donors (Lipinski definition) is 1. The lowest BCUT2D eigenvalue weighted by Gasteiger charge is -2.09. The van der Waals surface area contributed by atoms with Crippen molar-refractivity contribution in [1.29, 1.82) is 0 Å². The SMILES string of the molecule is COc1ccc(COc2ccc(C(=O)O)cc2Cl)cc1F. The van der Waals surface area contributed by atoms with E-state index in [9.17, 15) is 9.18 Å². The Kier molecular flexibility index (Phi) is 4.65. The maximum absolute atomic E-state index is 13.5. The first-order valence-corrected chi connectivity index (χ1v) is 6.37. The van der Waals surface area contributed by atoms with Crippen molar-refractivity contribution in [3.63, 3.8) is 0 Å². The molecular weight excluding hydrogens is 299 g/mol. The summed E-state index contributed by atoms with van der Waals surface area (Å²) >= 11 is 5.94. The summed E-state index contributed by atoms with van der Waals surface area (Å²) in [7, 11) is 1.39. The number of carboxylic acid groups (broad SMARTS) is 1. The molecule has 0 heterocycles. The number of ether oxygens (including phenoxy) is 2. The zero-order chi connectivity index (χ0) is 15.4. The van der Waals surface area contributed by atoms with E-state index in [0.29, 0.717) is 11.3 Å². The molecule has 0 bridgehead atoms. The van der Waals surface area contributed by atoms with Gasteiger partial charge in [0.25, 0.3) is 0 Å². The van der Waals surface area contributed by atoms with Crippen LogP contribution in [0.2, 0.25) is 5.02 Å². The summed E-state index contributed by atoms with van der Waals surface area (Å²) < 4.78 is 23.8. The number of benzene rings is 2. The molecule has 2 rings (SSSR count). The van der Waals surface area contributed by atoms with Gasteiger partial charge >= 0.3 is 5.97 Å². The van der Waals surface area contributed by atoms with Gasteiger partial charge in [0.05, 0.1) is 17.7 Å². The minimum atomic E-state index is -1.07. The van der Waals surface area contributed by atoms with Crippen LogP contribution in [0, 0.1) is 5.82 Å². The summed E-state index contributed by atoms with van der Waals surface area (Å²) in [5.74, 6) is -1.06. The van der Waals surface area contributed by atoms with Crippen molar-refractivity contribution >= 4 is 17.6 Å². The lowest BCUT2D eigenvalue weighted by Crippen LogP contribution is -2.00. The lowest BCUT2D eigenvalue weighted by atomic mass is 10.2. The molecule has 2 aromatic carbocycles. The van der Waals surface area contributed by atoms with Gasteiger partial charge in [-0.25, -0.2) is 9.18 Å². The molecule has 0 unspecified atom stereocenters. The number of carboxylic acids is 1. The Morgan fingerprint density at radius 1 is 1.24 bits per heavy atom. The Balaban J connectivity index is 2.09. The molecule has 0 saturated carbocycles. The van der Waals surface area contributed by atoms with E-state index < -0.39 is 11.8 Å². The third-order valence-corrected chi connectivity index (χ3v) is 3.08. The highest BCUT2D eigenvalue weighted by atomic mass is 35.5. The third-order valence-electron chi connectivity index (χ3n) is 2.79. The molecule has 0 aromatic heterocycles. The Morgan fingerprint density at radius 3 is 2.52 bits per heavy atom. The Morgan fingerprint density at radius 2 is 1.95 bits per heavy atom. The average Bonchev–Trinajstić information content (AvgIpc) is 2.46. The van der Waals surface area contributed by atoms with Crippen molar-refractivity contribution in [3.8, 4) is 11.5 Å². The van der Waals surface area contributed by atoms with Gasteiger partial charge in [-0.1, -0.05) is 17.7 Å². The molecule has 110 valence electrons. The van der Waals surface area contributed by atoms with E-state index in [1.165, 1.54) is 37.4 Å². The van der Waals surface area contributed by atoms with E-state index in [0.717, 1.165) is 0 Å². The second kappa shape index (κ2) is 6.45. The van der Waals surface area contributed by atoms with Crippen LogP contribution in [0.3, 0.4) is 0 Å². The van der Waals surface area contributed by atoms with Gasteiger partial charge in [-0.3, -0.25) is 0 Å². The molecule has 21 heavy (non-hydrogen) atoms. The Bertz CT molecular complexity index is 673. The van der Waals surface area contributed by atoms with Crippen LogP contribution in [0.4, 0.5) is 4.39 Å². The van der Waals surface area contributed by atoms with Crippen molar-refractivity contribution in [1.82, 2.24) is 0 Å². The van der Waals surface area contributed by atoms with E-state index in [1.807, 2.05) is 0 Å². The molecule has 0 radical (unpaired) electrons. The zero-order valence-corrected chi connectivity index (χ0v) is 11.9. The molecule has 0 fully saturated rings. The Hall–Kier alpha value is -2.27. The summed E-state index contributed by atoms with van der Waals surface area (Å²) in [6.07, 6.45) is 0. The lowest BCUT2D eigenvalue weighted by molar-refractivity contribution is 0.0697. The predicted octanol–water partition coefficient (Wildman–Crippen LogP) is 3.76. The fourth-order valence-corrected chi connectivity index (χ4v) is 1.95. The molecule has 2 aromatic rings. The number of halogens is 2. The maximum Gasteiger partial charge on any atom is 0.335 e. The summed E-state index contributed by atoms with van der Waals surface area (Å²) in [5.41, 5.74) is 0.675. The predicted molar refractivity (Wildman–Crippen MR) is 75.7 cm³/mol. The molecule has 0 aliphatic carbocycles. The standard InChI is InChI=1S/C15H12ClFO4/c1-20-14-4-2-9(6-12(14)17)8-21-13-5-3-10(15(18)19)7-11(13)16/h2-7H,8H2,1H3,(H,18,19). The van der Waals surface area contributed by atoms with Crippen LogP contribution in [0.15, 0.2) is 36.4 Å². The second-order valence-corrected chi connectivity index (χ2v) is 4.62. The van der Waals surface area contributed by atoms with Crippen molar-refractivity contribution in [2.75, 3.05) is 7.11 Å². The molecule has 0 aliphatic rings. The topological polar surface area (TPSA) is 55.8 Å². The highest BCUT2D eigenvalue weighted by molar-refractivity contribution is 6.32. The number of carbonyl (C=O) groups is 1. The van der Waals surface area contributed by atoms with E-state index in [1.54, 1.807) is 6.07 Å². The first kappa shape index (κ1) is 15.1. The highest BCUT2D eigenvalue weighted by Gasteiger charge is 2.09. The van der Waals surface area contributed by atoms with Gasteiger partial charge in [-0.2, -0.15) is 0 Å². The van der Waals surface area contributed by atoms with Gasteiger partial charge in [0.1, 0.15) is 12.4 Å². The fourth-order valence-electron chi connectivity index (χ4n) is 1.71. The number of aromatic carboxylic acids is 1. The van der Waals surface area contributed by atoms with Crippen LogP contribution in [0.25, 0.3) is 0 Å². The van der Waals surface area contributed by atoms with Crippen LogP contribution in [0.1, 0.15) is 15.9 Å². The smallest absolute Gasteiger partial charge is 0.335 e. The average molecular weight is 311 g/mol. The Labute approximate surface area is 125 Å². The van der Waals surface area contributed by atoms with Crippen LogP contribution < -0.4 is 9.47 Å². The first-order valence-electron chi connectivity index (χ1n) is 5.99. The minimum absolute atomic E-state index is 0.0721. The number of rotatable bonds is 5. The van der Waals surface area contributed by atoms with Gasteiger partial charge in [-0.15, -0.1) is 0 Å². The van der Waals surface area contributed by atoms with Crippen molar-refractivity contribution in [2.45, 2.75) is 6.61 Å². The summed E-state index contributed by atoms with van der Waals surface area (Å²) in [6.45, 7) is 0.104. The second-order valence-electron chi connectivity index (χ2n) is 4.21. The number of hydrogen-bond acceptors (Lipinski definition) is 3. The van der Waals surface area contributed by atoms with Gasteiger partial charge in [0.15, 0.2) is 11.6 Å². The van der Waals surface area contributed by atoms with E-state index in [-0.39, 0.29) is 22.9 Å². The van der Waals surface area contributed by atoms with Crippen LogP contribution in [0.5, 0.6) is 11.5 Å². The van der Waals surface area contributed by atoms with E-state index in [4.69, 9.17) is 26.2 Å². The van der Waals surface area contributed by atoms with Gasteiger partial charge in [-0.05, 0) is 35.9 Å². The highest BCUT2D eigenvalue weighted by Crippen LogP contribution is 2.27. The molecule has 0 spiro atoms. The van der Waals surface area contributed by atoms with Crippen LogP contribution in [-0.2, 0) is 6.61 Å². The molecule has 6 heteroatoms. The van der Waals surface area contributed by atoms with Gasteiger partial charge in [0, 0.05) is 0 Å². The molecule has 0 atom stereocenters. The van der Waals surface area contributed by atoms with Crippen LogP contribution in [-0.4, -0.2) is 18.2 Å². The molecule has 1 N–H and O–H groups in total. The van der Waals surface area contributed by atoms with Crippen molar-refractivity contribution in [3.05, 3.63) is 58.4 Å². The van der Waals surface area contributed by atoms with Crippen molar-refractivity contribution < 1.29 is 23.8 Å². The molecule has 4 nitrogen and oxygen atoms in total. The van der Waals surface area contributed by atoms with Gasteiger partial charge in [0.2, 0.25) is 0 Å².